The van der Waals surface area contributed by atoms with Crippen LogP contribution >= 0.6 is 0 Å². The third kappa shape index (κ3) is 11.2. The van der Waals surface area contributed by atoms with E-state index in [1.807, 2.05) is 66.7 Å². The Hall–Kier alpha value is -6.70. The average Bonchev–Trinajstić information content (AvgIpc) is 3.19. The van der Waals surface area contributed by atoms with Gasteiger partial charge in [0, 0.05) is 34.4 Å². The molecule has 260 valence electrons. The van der Waals surface area contributed by atoms with E-state index >= 15 is 0 Å². The lowest BCUT2D eigenvalue weighted by atomic mass is 10.0. The summed E-state index contributed by atoms with van der Waals surface area (Å²) in [5, 5.41) is 2.21. The second kappa shape index (κ2) is 18.9. The monoisotopic (exact) mass is 690 g/mol. The highest BCUT2D eigenvalue weighted by Gasteiger charge is 2.06. The predicted molar refractivity (Wildman–Crippen MR) is 202 cm³/mol. The van der Waals surface area contributed by atoms with Crippen molar-refractivity contribution in [3.05, 3.63) is 162 Å². The maximum Gasteiger partial charge on any atom is 0.330 e. The quantitative estimate of drug-likeness (QED) is 0.0506. The van der Waals surface area contributed by atoms with Crippen LogP contribution in [-0.4, -0.2) is 38.4 Å². The number of ether oxygens (including phenoxy) is 5. The normalized spacial score (nSPS) is 10.1. The standard InChI is InChI=1S/C45H38O7/c1-4-38-29-36(10-8-34-15-22-42(23-16-34)49-26-28-51-45(47)6-3)17-24-43(38)52-32-37-12-19-39-30-35(11-18-40(39)31-37)9-7-33-13-20-41(21-14-33)48-25-27-50-44(46)5-2/h5-6,11-24,29-31H,2-4,25-28,32H2,1H3. The van der Waals surface area contributed by atoms with Crippen LogP contribution in [0.15, 0.2) is 128 Å². The molecule has 0 aliphatic heterocycles. The second-order valence-corrected chi connectivity index (χ2v) is 11.3. The van der Waals surface area contributed by atoms with E-state index in [1.54, 1.807) is 0 Å². The lowest BCUT2D eigenvalue weighted by Crippen LogP contribution is -2.10. The summed E-state index contributed by atoms with van der Waals surface area (Å²) in [6, 6.07) is 33.4. The Balaban J connectivity index is 1.13. The van der Waals surface area contributed by atoms with Crippen molar-refractivity contribution in [2.45, 2.75) is 20.0 Å². The van der Waals surface area contributed by atoms with Crippen LogP contribution in [0, 0.1) is 23.7 Å². The highest BCUT2D eigenvalue weighted by molar-refractivity contribution is 5.84. The molecule has 0 unspecified atom stereocenters. The van der Waals surface area contributed by atoms with Crippen molar-refractivity contribution < 1.29 is 33.3 Å². The third-order valence-electron chi connectivity index (χ3n) is 7.68. The summed E-state index contributed by atoms with van der Waals surface area (Å²) in [5.41, 5.74) is 5.71. The molecule has 0 spiro atoms. The fourth-order valence-corrected chi connectivity index (χ4v) is 4.98. The molecular formula is C45H38O7. The number of fused-ring (bicyclic) bond motifs is 1. The van der Waals surface area contributed by atoms with E-state index < -0.39 is 11.9 Å². The fourth-order valence-electron chi connectivity index (χ4n) is 4.98. The van der Waals surface area contributed by atoms with Crippen LogP contribution in [0.5, 0.6) is 17.2 Å². The van der Waals surface area contributed by atoms with Gasteiger partial charge in [0.05, 0.1) is 0 Å². The molecule has 0 heterocycles. The molecule has 0 aliphatic rings. The Morgan fingerprint density at radius 3 is 1.60 bits per heavy atom. The van der Waals surface area contributed by atoms with Crippen LogP contribution in [0.2, 0.25) is 0 Å². The molecule has 0 aliphatic carbocycles. The van der Waals surface area contributed by atoms with Gasteiger partial charge in [0.15, 0.2) is 0 Å². The Morgan fingerprint density at radius 1 is 0.558 bits per heavy atom. The maximum atomic E-state index is 11.1. The van der Waals surface area contributed by atoms with Gasteiger partial charge in [-0.2, -0.15) is 0 Å². The summed E-state index contributed by atoms with van der Waals surface area (Å²) in [6.07, 6.45) is 3.06. The molecule has 0 radical (unpaired) electrons. The molecule has 0 atom stereocenters. The fraction of sp³-hybridized carbons (Fsp3) is 0.156. The van der Waals surface area contributed by atoms with Gasteiger partial charge in [-0.05, 0) is 113 Å². The molecule has 0 saturated heterocycles. The molecular weight excluding hydrogens is 652 g/mol. The lowest BCUT2D eigenvalue weighted by Gasteiger charge is -2.12. The van der Waals surface area contributed by atoms with E-state index in [0.29, 0.717) is 18.1 Å². The largest absolute Gasteiger partial charge is 0.490 e. The molecule has 52 heavy (non-hydrogen) atoms. The van der Waals surface area contributed by atoms with Crippen molar-refractivity contribution in [1.82, 2.24) is 0 Å². The highest BCUT2D eigenvalue weighted by atomic mass is 16.6. The Bertz CT molecular complexity index is 2160. The average molecular weight is 691 g/mol. The molecule has 0 bridgehead atoms. The van der Waals surface area contributed by atoms with Gasteiger partial charge in [-0.25, -0.2) is 9.59 Å². The summed E-state index contributed by atoms with van der Waals surface area (Å²) in [6.45, 7) is 10.1. The Labute approximate surface area is 304 Å². The van der Waals surface area contributed by atoms with Gasteiger partial charge < -0.3 is 23.7 Å². The van der Waals surface area contributed by atoms with E-state index in [9.17, 15) is 9.59 Å². The molecule has 0 fully saturated rings. The molecule has 5 aromatic carbocycles. The zero-order valence-electron chi connectivity index (χ0n) is 29.0. The number of benzene rings is 5. The first-order valence-electron chi connectivity index (χ1n) is 16.8. The van der Waals surface area contributed by atoms with Gasteiger partial charge in [-0.15, -0.1) is 0 Å². The first kappa shape index (κ1) is 36.6. The smallest absolute Gasteiger partial charge is 0.330 e. The van der Waals surface area contributed by atoms with E-state index in [2.05, 4.69) is 80.2 Å². The van der Waals surface area contributed by atoms with Crippen LogP contribution in [0.1, 0.15) is 40.3 Å². The highest BCUT2D eigenvalue weighted by Crippen LogP contribution is 2.24. The summed E-state index contributed by atoms with van der Waals surface area (Å²) in [4.78, 5) is 22.2. The minimum Gasteiger partial charge on any atom is -0.490 e. The SMILES string of the molecule is C=CC(=O)OCCOc1ccc(C#Cc2ccc(OCc3ccc4cc(C#Cc5ccc(OCCOC(=O)C=C)cc5)ccc4c3)c(CC)c2)cc1. The number of carbonyl (C=O) groups is 2. The molecule has 0 N–H and O–H groups in total. The molecule has 0 aromatic heterocycles. The van der Waals surface area contributed by atoms with E-state index in [4.69, 9.17) is 23.7 Å². The van der Waals surface area contributed by atoms with Gasteiger partial charge >= 0.3 is 11.9 Å². The minimum absolute atomic E-state index is 0.156. The van der Waals surface area contributed by atoms with E-state index in [-0.39, 0.29) is 26.4 Å². The van der Waals surface area contributed by atoms with Crippen LogP contribution in [0.4, 0.5) is 0 Å². The van der Waals surface area contributed by atoms with Crippen LogP contribution in [-0.2, 0) is 32.1 Å². The van der Waals surface area contributed by atoms with Crippen molar-refractivity contribution in [2.24, 2.45) is 0 Å². The summed E-state index contributed by atoms with van der Waals surface area (Å²) in [5.74, 6) is 14.1. The number of aryl methyl sites for hydroxylation is 1. The van der Waals surface area contributed by atoms with E-state index in [0.717, 1.165) is 68.5 Å². The Morgan fingerprint density at radius 2 is 1.04 bits per heavy atom. The summed E-state index contributed by atoms with van der Waals surface area (Å²) >= 11 is 0. The molecule has 5 aromatic rings. The van der Waals surface area contributed by atoms with Crippen LogP contribution in [0.25, 0.3) is 10.8 Å². The van der Waals surface area contributed by atoms with Crippen LogP contribution in [0.3, 0.4) is 0 Å². The van der Waals surface area contributed by atoms with Crippen molar-refractivity contribution in [2.75, 3.05) is 26.4 Å². The van der Waals surface area contributed by atoms with Crippen molar-refractivity contribution in [1.29, 1.82) is 0 Å². The lowest BCUT2D eigenvalue weighted by molar-refractivity contribution is -0.139. The maximum absolute atomic E-state index is 11.1. The minimum atomic E-state index is -0.471. The van der Waals surface area contributed by atoms with Gasteiger partial charge in [0.2, 0.25) is 0 Å². The number of carbonyl (C=O) groups excluding carboxylic acids is 2. The topological polar surface area (TPSA) is 80.3 Å². The van der Waals surface area contributed by atoms with Crippen molar-refractivity contribution in [3.8, 4) is 40.9 Å². The predicted octanol–water partition coefficient (Wildman–Crippen LogP) is 8.00. The molecule has 0 saturated carbocycles. The van der Waals surface area contributed by atoms with E-state index in [1.165, 1.54) is 0 Å². The number of hydrogen-bond donors (Lipinski definition) is 0. The Kier molecular flexibility index (Phi) is 13.3. The van der Waals surface area contributed by atoms with Gasteiger partial charge in [0.25, 0.3) is 0 Å². The first-order chi connectivity index (χ1) is 25.4. The number of rotatable bonds is 14. The number of hydrogen-bond acceptors (Lipinski definition) is 7. The van der Waals surface area contributed by atoms with Crippen molar-refractivity contribution in [3.63, 3.8) is 0 Å². The molecule has 7 nitrogen and oxygen atoms in total. The number of esters is 2. The van der Waals surface area contributed by atoms with Crippen LogP contribution < -0.4 is 14.2 Å². The van der Waals surface area contributed by atoms with Gasteiger partial charge in [0.1, 0.15) is 50.3 Å². The molecule has 7 heteroatoms. The third-order valence-corrected chi connectivity index (χ3v) is 7.68. The first-order valence-corrected chi connectivity index (χ1v) is 16.8. The van der Waals surface area contributed by atoms with Gasteiger partial charge in [-0.3, -0.25) is 0 Å². The van der Waals surface area contributed by atoms with Gasteiger partial charge in [-0.1, -0.05) is 62.0 Å². The zero-order valence-corrected chi connectivity index (χ0v) is 29.0. The second-order valence-electron chi connectivity index (χ2n) is 11.3. The molecule has 5 rings (SSSR count). The van der Waals surface area contributed by atoms with Crippen molar-refractivity contribution >= 4 is 22.7 Å². The summed E-state index contributed by atoms with van der Waals surface area (Å²) in [7, 11) is 0. The summed E-state index contributed by atoms with van der Waals surface area (Å²) < 4.78 is 27.3. The molecule has 0 amide bonds. The zero-order chi connectivity index (χ0) is 36.5.